The number of ether oxygens (including phenoxy) is 1. The van der Waals surface area contributed by atoms with E-state index in [9.17, 15) is 4.79 Å². The molecule has 2 aromatic heterocycles. The molecule has 1 amide bonds. The fourth-order valence-corrected chi connectivity index (χ4v) is 4.60. The van der Waals surface area contributed by atoms with Gasteiger partial charge in [0.25, 0.3) is 5.91 Å². The molecule has 8 heteroatoms. The molecule has 0 radical (unpaired) electrons. The first-order valence-corrected chi connectivity index (χ1v) is 11.7. The zero-order valence-electron chi connectivity index (χ0n) is 18.6. The van der Waals surface area contributed by atoms with Crippen LogP contribution < -0.4 is 9.64 Å². The molecule has 2 aromatic carbocycles. The summed E-state index contributed by atoms with van der Waals surface area (Å²) in [6.45, 7) is 10.0. The largest absolute Gasteiger partial charge is 0.494 e. The minimum atomic E-state index is -0.0891. The van der Waals surface area contributed by atoms with E-state index in [1.807, 2.05) is 37.3 Å². The van der Waals surface area contributed by atoms with Crippen molar-refractivity contribution in [3.63, 3.8) is 0 Å². The number of fused-ring (bicyclic) bond motifs is 2. The Morgan fingerprint density at radius 3 is 2.44 bits per heavy atom. The van der Waals surface area contributed by atoms with Crippen LogP contribution in [0, 0.1) is 0 Å². The topological polar surface area (TPSA) is 71.5 Å². The van der Waals surface area contributed by atoms with Crippen molar-refractivity contribution in [1.29, 1.82) is 0 Å². The molecule has 0 aliphatic rings. The number of carbonyl (C=O) groups excluding carboxylic acids is 1. The summed E-state index contributed by atoms with van der Waals surface area (Å²) in [6, 6.07) is 11.3. The third kappa shape index (κ3) is 4.71. The number of thiazole rings is 1. The maximum atomic E-state index is 13.6. The molecule has 0 aliphatic heterocycles. The standard InChI is InChI=1S/C24H27N5O2S/c1-4-28(5-2)13-14-29(23(30)17-7-9-19-21(15-17)26-12-11-25-19)24-27-20-10-8-18(31-6-3)16-22(20)32-24/h7-12,15-16H,4-6,13-14H2,1-3H3. The van der Waals surface area contributed by atoms with Gasteiger partial charge in [0.2, 0.25) is 0 Å². The Balaban J connectivity index is 1.70. The Morgan fingerprint density at radius 1 is 0.938 bits per heavy atom. The van der Waals surface area contributed by atoms with Crippen LogP contribution in [0.4, 0.5) is 5.13 Å². The fraction of sp³-hybridized carbons (Fsp3) is 0.333. The third-order valence-electron chi connectivity index (χ3n) is 5.39. The molecule has 0 fully saturated rings. The maximum absolute atomic E-state index is 13.6. The minimum absolute atomic E-state index is 0.0891. The van der Waals surface area contributed by atoms with E-state index in [1.54, 1.807) is 23.4 Å². The Morgan fingerprint density at radius 2 is 1.69 bits per heavy atom. The smallest absolute Gasteiger partial charge is 0.260 e. The second-order valence-electron chi connectivity index (χ2n) is 7.30. The summed E-state index contributed by atoms with van der Waals surface area (Å²) in [4.78, 5) is 31.1. The van der Waals surface area contributed by atoms with Gasteiger partial charge in [-0.2, -0.15) is 0 Å². The van der Waals surface area contributed by atoms with Crippen molar-refractivity contribution in [1.82, 2.24) is 19.9 Å². The average Bonchev–Trinajstić information content (AvgIpc) is 3.24. The molecule has 0 aliphatic carbocycles. The molecule has 4 rings (SSSR count). The van der Waals surface area contributed by atoms with Crippen molar-refractivity contribution in [2.45, 2.75) is 20.8 Å². The summed E-state index contributed by atoms with van der Waals surface area (Å²) in [6.07, 6.45) is 3.29. The van der Waals surface area contributed by atoms with E-state index in [0.29, 0.717) is 29.4 Å². The number of hydrogen-bond donors (Lipinski definition) is 0. The number of amides is 1. The summed E-state index contributed by atoms with van der Waals surface area (Å²) >= 11 is 1.51. The van der Waals surface area contributed by atoms with E-state index in [0.717, 1.165) is 41.1 Å². The first-order chi connectivity index (χ1) is 15.6. The van der Waals surface area contributed by atoms with Gasteiger partial charge >= 0.3 is 0 Å². The zero-order valence-corrected chi connectivity index (χ0v) is 19.4. The van der Waals surface area contributed by atoms with Gasteiger partial charge in [-0.05, 0) is 56.4 Å². The van der Waals surface area contributed by atoms with Crippen molar-refractivity contribution in [3.05, 3.63) is 54.4 Å². The van der Waals surface area contributed by atoms with Gasteiger partial charge in [0.15, 0.2) is 5.13 Å². The van der Waals surface area contributed by atoms with E-state index < -0.39 is 0 Å². The summed E-state index contributed by atoms with van der Waals surface area (Å²) in [5, 5.41) is 0.685. The summed E-state index contributed by atoms with van der Waals surface area (Å²) in [7, 11) is 0. The van der Waals surface area contributed by atoms with Crippen molar-refractivity contribution >= 4 is 43.6 Å². The highest BCUT2D eigenvalue weighted by Gasteiger charge is 2.22. The maximum Gasteiger partial charge on any atom is 0.260 e. The number of anilines is 1. The van der Waals surface area contributed by atoms with Crippen LogP contribution in [0.15, 0.2) is 48.8 Å². The monoisotopic (exact) mass is 449 g/mol. The van der Waals surface area contributed by atoms with Gasteiger partial charge in [0.1, 0.15) is 5.75 Å². The Labute approximate surface area is 191 Å². The van der Waals surface area contributed by atoms with Gasteiger partial charge in [0.05, 0.1) is 27.9 Å². The van der Waals surface area contributed by atoms with Crippen LogP contribution in [0.2, 0.25) is 0 Å². The molecule has 2 heterocycles. The molecule has 32 heavy (non-hydrogen) atoms. The normalized spacial score (nSPS) is 11.4. The van der Waals surface area contributed by atoms with Crippen molar-refractivity contribution < 1.29 is 9.53 Å². The lowest BCUT2D eigenvalue weighted by Gasteiger charge is -2.24. The Bertz CT molecular complexity index is 1220. The molecular formula is C24H27N5O2S. The highest BCUT2D eigenvalue weighted by atomic mass is 32.1. The third-order valence-corrected chi connectivity index (χ3v) is 6.43. The number of rotatable bonds is 9. The summed E-state index contributed by atoms with van der Waals surface area (Å²) in [5.41, 5.74) is 2.90. The van der Waals surface area contributed by atoms with Crippen molar-refractivity contribution in [2.24, 2.45) is 0 Å². The second kappa shape index (κ2) is 10.0. The first-order valence-electron chi connectivity index (χ1n) is 10.9. The second-order valence-corrected chi connectivity index (χ2v) is 8.31. The highest BCUT2D eigenvalue weighted by Crippen LogP contribution is 2.32. The molecule has 4 aromatic rings. The van der Waals surface area contributed by atoms with Crippen LogP contribution in [0.25, 0.3) is 21.3 Å². The number of benzene rings is 2. The lowest BCUT2D eigenvalue weighted by molar-refractivity contribution is 0.0984. The van der Waals surface area contributed by atoms with E-state index in [-0.39, 0.29) is 5.91 Å². The van der Waals surface area contributed by atoms with Gasteiger partial charge < -0.3 is 9.64 Å². The molecule has 0 spiro atoms. The molecule has 7 nitrogen and oxygen atoms in total. The molecule has 0 unspecified atom stereocenters. The molecule has 0 N–H and O–H groups in total. The van der Waals surface area contributed by atoms with Gasteiger partial charge in [-0.3, -0.25) is 19.7 Å². The molecule has 0 atom stereocenters. The van der Waals surface area contributed by atoms with Crippen molar-refractivity contribution in [2.75, 3.05) is 37.7 Å². The van der Waals surface area contributed by atoms with E-state index in [1.165, 1.54) is 11.3 Å². The van der Waals surface area contributed by atoms with Crippen LogP contribution >= 0.6 is 11.3 Å². The van der Waals surface area contributed by atoms with Crippen LogP contribution in [0.5, 0.6) is 5.75 Å². The Kier molecular flexibility index (Phi) is 6.92. The first kappa shape index (κ1) is 22.1. The Hall–Kier alpha value is -3.10. The number of nitrogens with zero attached hydrogens (tertiary/aromatic N) is 5. The number of carbonyl (C=O) groups is 1. The predicted octanol–water partition coefficient (Wildman–Crippen LogP) is 4.63. The van der Waals surface area contributed by atoms with E-state index in [4.69, 9.17) is 9.72 Å². The van der Waals surface area contributed by atoms with Crippen LogP contribution in [-0.4, -0.2) is 58.5 Å². The number of likely N-dealkylation sites (N-methyl/N-ethyl adjacent to an activating group) is 1. The average molecular weight is 450 g/mol. The van der Waals surface area contributed by atoms with Gasteiger partial charge in [0, 0.05) is 31.0 Å². The number of aromatic nitrogens is 3. The molecular weight excluding hydrogens is 422 g/mol. The van der Waals surface area contributed by atoms with Gasteiger partial charge in [-0.25, -0.2) is 4.98 Å². The molecule has 166 valence electrons. The van der Waals surface area contributed by atoms with Crippen LogP contribution in [0.3, 0.4) is 0 Å². The van der Waals surface area contributed by atoms with E-state index in [2.05, 4.69) is 28.7 Å². The molecule has 0 bridgehead atoms. The predicted molar refractivity (Wildman–Crippen MR) is 130 cm³/mol. The lowest BCUT2D eigenvalue weighted by atomic mass is 10.1. The quantitative estimate of drug-likeness (QED) is 0.371. The van der Waals surface area contributed by atoms with Crippen LogP contribution in [0.1, 0.15) is 31.1 Å². The number of hydrogen-bond acceptors (Lipinski definition) is 7. The van der Waals surface area contributed by atoms with Crippen LogP contribution in [-0.2, 0) is 0 Å². The van der Waals surface area contributed by atoms with Gasteiger partial charge in [-0.1, -0.05) is 25.2 Å². The van der Waals surface area contributed by atoms with Gasteiger partial charge in [-0.15, -0.1) is 0 Å². The highest BCUT2D eigenvalue weighted by molar-refractivity contribution is 7.22. The SMILES string of the molecule is CCOc1ccc2nc(N(CCN(CC)CC)C(=O)c3ccc4nccnc4c3)sc2c1. The zero-order chi connectivity index (χ0) is 22.5. The van der Waals surface area contributed by atoms with Crippen molar-refractivity contribution in [3.8, 4) is 5.75 Å². The summed E-state index contributed by atoms with van der Waals surface area (Å²) < 4.78 is 6.62. The van der Waals surface area contributed by atoms with E-state index >= 15 is 0 Å². The molecule has 0 saturated carbocycles. The lowest BCUT2D eigenvalue weighted by Crippen LogP contribution is -2.38. The molecule has 0 saturated heterocycles. The minimum Gasteiger partial charge on any atom is -0.494 e. The fourth-order valence-electron chi connectivity index (χ4n) is 3.58. The summed E-state index contributed by atoms with van der Waals surface area (Å²) in [5.74, 6) is 0.720.